The highest BCUT2D eigenvalue weighted by Crippen LogP contribution is 2.30. The number of piperidine rings is 1. The van der Waals surface area contributed by atoms with Crippen LogP contribution in [0.25, 0.3) is 0 Å². The van der Waals surface area contributed by atoms with E-state index in [1.54, 1.807) is 0 Å². The van der Waals surface area contributed by atoms with E-state index in [9.17, 15) is 9.59 Å². The Morgan fingerprint density at radius 2 is 1.89 bits per heavy atom. The van der Waals surface area contributed by atoms with E-state index in [1.165, 1.54) is 0 Å². The molecule has 1 heterocycles. The van der Waals surface area contributed by atoms with Gasteiger partial charge < -0.3 is 16.4 Å². The molecule has 0 aromatic carbocycles. The summed E-state index contributed by atoms with van der Waals surface area (Å²) in [6.45, 7) is 3.40. The Hall–Kier alpha value is -1.10. The summed E-state index contributed by atoms with van der Waals surface area (Å²) >= 11 is 0. The fourth-order valence-corrected chi connectivity index (χ4v) is 3.25. The minimum Gasteiger partial charge on any atom is -0.369 e. The van der Waals surface area contributed by atoms with Crippen molar-refractivity contribution in [2.75, 3.05) is 13.1 Å². The van der Waals surface area contributed by atoms with Crippen LogP contribution in [0.1, 0.15) is 39.0 Å². The van der Waals surface area contributed by atoms with Crippen molar-refractivity contribution in [1.29, 1.82) is 0 Å². The second-order valence-electron chi connectivity index (χ2n) is 6.18. The van der Waals surface area contributed by atoms with Crippen molar-refractivity contribution < 1.29 is 9.59 Å². The molecule has 0 bridgehead atoms. The van der Waals surface area contributed by atoms with Crippen LogP contribution in [0, 0.1) is 17.8 Å². The molecule has 108 valence electrons. The number of hydrogen-bond acceptors (Lipinski definition) is 3. The van der Waals surface area contributed by atoms with Crippen LogP contribution < -0.4 is 11.5 Å². The zero-order valence-corrected chi connectivity index (χ0v) is 11.7. The fourth-order valence-electron chi connectivity index (χ4n) is 3.25. The van der Waals surface area contributed by atoms with Gasteiger partial charge in [0.1, 0.15) is 0 Å². The van der Waals surface area contributed by atoms with Crippen molar-refractivity contribution in [2.45, 2.75) is 45.1 Å². The minimum atomic E-state index is -0.286. The van der Waals surface area contributed by atoms with E-state index in [1.807, 2.05) is 4.90 Å². The van der Waals surface area contributed by atoms with E-state index in [0.29, 0.717) is 12.5 Å². The zero-order valence-electron chi connectivity index (χ0n) is 11.7. The number of carbonyl (C=O) groups excluding carboxylic acids is 2. The lowest BCUT2D eigenvalue weighted by Crippen LogP contribution is -2.48. The normalized spacial score (nSPS) is 36.0. The lowest BCUT2D eigenvalue weighted by molar-refractivity contribution is -0.140. The standard InChI is InChI=1S/C14H25N3O2/c1-9-4-5-10(7-12(9)15)14(19)17-6-2-3-11(8-17)13(16)18/h9-12H,2-8,15H2,1H3,(H2,16,18). The molecule has 19 heavy (non-hydrogen) atoms. The highest BCUT2D eigenvalue weighted by Gasteiger charge is 2.34. The maximum absolute atomic E-state index is 12.5. The first-order chi connectivity index (χ1) is 8.99. The Labute approximate surface area is 114 Å². The summed E-state index contributed by atoms with van der Waals surface area (Å²) < 4.78 is 0. The second kappa shape index (κ2) is 5.90. The van der Waals surface area contributed by atoms with E-state index in [2.05, 4.69) is 6.92 Å². The summed E-state index contributed by atoms with van der Waals surface area (Å²) in [5.74, 6) is 0.259. The summed E-state index contributed by atoms with van der Waals surface area (Å²) in [5.41, 5.74) is 11.4. The number of primary amides is 1. The zero-order chi connectivity index (χ0) is 14.0. The number of amides is 2. The number of hydrogen-bond donors (Lipinski definition) is 2. The minimum absolute atomic E-state index is 0.0397. The molecule has 0 aromatic rings. The Morgan fingerprint density at radius 3 is 2.53 bits per heavy atom. The highest BCUT2D eigenvalue weighted by molar-refractivity contribution is 5.81. The molecule has 4 atom stereocenters. The molecule has 0 spiro atoms. The van der Waals surface area contributed by atoms with Crippen molar-refractivity contribution in [3.63, 3.8) is 0 Å². The van der Waals surface area contributed by atoms with E-state index in [-0.39, 0.29) is 29.7 Å². The molecular formula is C14H25N3O2. The molecule has 2 amide bonds. The molecule has 2 rings (SSSR count). The number of nitrogens with zero attached hydrogens (tertiary/aromatic N) is 1. The van der Waals surface area contributed by atoms with Gasteiger partial charge in [-0.2, -0.15) is 0 Å². The monoisotopic (exact) mass is 267 g/mol. The highest BCUT2D eigenvalue weighted by atomic mass is 16.2. The Morgan fingerprint density at radius 1 is 1.16 bits per heavy atom. The Bertz CT molecular complexity index is 359. The Kier molecular flexibility index (Phi) is 4.45. The summed E-state index contributed by atoms with van der Waals surface area (Å²) in [4.78, 5) is 25.6. The number of carbonyl (C=O) groups is 2. The second-order valence-corrected chi connectivity index (χ2v) is 6.18. The number of likely N-dealkylation sites (tertiary alicyclic amines) is 1. The van der Waals surface area contributed by atoms with Crippen molar-refractivity contribution in [2.24, 2.45) is 29.2 Å². The van der Waals surface area contributed by atoms with Gasteiger partial charge in [0.2, 0.25) is 11.8 Å². The van der Waals surface area contributed by atoms with Crippen LogP contribution in [-0.2, 0) is 9.59 Å². The summed E-state index contributed by atoms with van der Waals surface area (Å²) in [7, 11) is 0. The van der Waals surface area contributed by atoms with Gasteiger partial charge in [0.15, 0.2) is 0 Å². The van der Waals surface area contributed by atoms with E-state index in [4.69, 9.17) is 11.5 Å². The summed E-state index contributed by atoms with van der Waals surface area (Å²) in [6.07, 6.45) is 4.39. The first-order valence-electron chi connectivity index (χ1n) is 7.32. The molecule has 2 fully saturated rings. The lowest BCUT2D eigenvalue weighted by Gasteiger charge is -2.37. The summed E-state index contributed by atoms with van der Waals surface area (Å²) in [6, 6.07) is 0.124. The topological polar surface area (TPSA) is 89.4 Å². The molecule has 1 saturated heterocycles. The number of nitrogens with two attached hydrogens (primary N) is 2. The van der Waals surface area contributed by atoms with Gasteiger partial charge in [-0.3, -0.25) is 9.59 Å². The molecule has 4 unspecified atom stereocenters. The van der Waals surface area contributed by atoms with Gasteiger partial charge >= 0.3 is 0 Å². The average Bonchev–Trinajstić information content (AvgIpc) is 2.41. The molecule has 0 radical (unpaired) electrons. The molecule has 1 aliphatic carbocycles. The van der Waals surface area contributed by atoms with Crippen LogP contribution in [0.5, 0.6) is 0 Å². The SMILES string of the molecule is CC1CCC(C(=O)N2CCCC(C(N)=O)C2)CC1N. The van der Waals surface area contributed by atoms with Crippen LogP contribution in [0.3, 0.4) is 0 Å². The summed E-state index contributed by atoms with van der Waals surface area (Å²) in [5, 5.41) is 0. The van der Waals surface area contributed by atoms with Crippen molar-refractivity contribution in [3.05, 3.63) is 0 Å². The van der Waals surface area contributed by atoms with Gasteiger partial charge in [0, 0.05) is 25.0 Å². The smallest absolute Gasteiger partial charge is 0.225 e. The first kappa shape index (κ1) is 14.3. The molecule has 2 aliphatic rings. The maximum Gasteiger partial charge on any atom is 0.225 e. The van der Waals surface area contributed by atoms with E-state index in [0.717, 1.165) is 38.6 Å². The van der Waals surface area contributed by atoms with Crippen molar-refractivity contribution in [3.8, 4) is 0 Å². The predicted molar refractivity (Wildman–Crippen MR) is 73.0 cm³/mol. The van der Waals surface area contributed by atoms with Crippen LogP contribution in [-0.4, -0.2) is 35.8 Å². The molecule has 0 aromatic heterocycles. The van der Waals surface area contributed by atoms with Gasteiger partial charge in [-0.15, -0.1) is 0 Å². The van der Waals surface area contributed by atoms with Gasteiger partial charge in [0.05, 0.1) is 5.92 Å². The quantitative estimate of drug-likeness (QED) is 0.762. The maximum atomic E-state index is 12.5. The van der Waals surface area contributed by atoms with Crippen LogP contribution in [0.2, 0.25) is 0 Å². The largest absolute Gasteiger partial charge is 0.369 e. The van der Waals surface area contributed by atoms with Crippen molar-refractivity contribution >= 4 is 11.8 Å². The van der Waals surface area contributed by atoms with E-state index < -0.39 is 0 Å². The van der Waals surface area contributed by atoms with Crippen LogP contribution >= 0.6 is 0 Å². The first-order valence-corrected chi connectivity index (χ1v) is 7.32. The average molecular weight is 267 g/mol. The van der Waals surface area contributed by atoms with Gasteiger partial charge in [-0.05, 0) is 38.0 Å². The molecule has 4 N–H and O–H groups in total. The predicted octanol–water partition coefficient (Wildman–Crippen LogP) is 0.474. The molecule has 5 nitrogen and oxygen atoms in total. The number of rotatable bonds is 2. The van der Waals surface area contributed by atoms with Crippen LogP contribution in [0.4, 0.5) is 0 Å². The fraction of sp³-hybridized carbons (Fsp3) is 0.857. The third-order valence-corrected chi connectivity index (χ3v) is 4.74. The third-order valence-electron chi connectivity index (χ3n) is 4.74. The van der Waals surface area contributed by atoms with Gasteiger partial charge in [-0.25, -0.2) is 0 Å². The lowest BCUT2D eigenvalue weighted by atomic mass is 9.78. The van der Waals surface area contributed by atoms with Crippen LogP contribution in [0.15, 0.2) is 0 Å². The molecule has 5 heteroatoms. The van der Waals surface area contributed by atoms with Crippen molar-refractivity contribution in [1.82, 2.24) is 4.90 Å². The molecular weight excluding hydrogens is 242 g/mol. The Balaban J connectivity index is 1.94. The van der Waals surface area contributed by atoms with Gasteiger partial charge in [-0.1, -0.05) is 6.92 Å². The molecule has 1 aliphatic heterocycles. The molecule has 1 saturated carbocycles. The van der Waals surface area contributed by atoms with Gasteiger partial charge in [0.25, 0.3) is 0 Å². The third kappa shape index (κ3) is 3.26. The van der Waals surface area contributed by atoms with E-state index >= 15 is 0 Å².